The molecular formula is C21H27NO5. The van der Waals surface area contributed by atoms with Crippen LogP contribution in [-0.2, 0) is 22.3 Å². The van der Waals surface area contributed by atoms with E-state index in [2.05, 4.69) is 18.0 Å². The number of rotatable bonds is 1. The van der Waals surface area contributed by atoms with Crippen molar-refractivity contribution in [2.24, 2.45) is 0 Å². The molecule has 27 heavy (non-hydrogen) atoms. The normalized spacial score (nSPS) is 34.3. The van der Waals surface area contributed by atoms with Crippen LogP contribution in [0.4, 0.5) is 0 Å². The van der Waals surface area contributed by atoms with Gasteiger partial charge in [-0.2, -0.15) is 0 Å². The maximum Gasteiger partial charge on any atom is 0.226 e. The summed E-state index contributed by atoms with van der Waals surface area (Å²) >= 11 is 0. The molecule has 1 fully saturated rings. The lowest BCUT2D eigenvalue weighted by atomic mass is 9.77. The van der Waals surface area contributed by atoms with E-state index >= 15 is 0 Å². The van der Waals surface area contributed by atoms with E-state index in [-0.39, 0.29) is 6.04 Å². The lowest BCUT2D eigenvalue weighted by molar-refractivity contribution is -0.200. The van der Waals surface area contributed by atoms with Gasteiger partial charge in [0.25, 0.3) is 0 Å². The molecule has 5 rings (SSSR count). The average Bonchev–Trinajstić information content (AvgIpc) is 3.12. The third-order valence-electron chi connectivity index (χ3n) is 6.57. The summed E-state index contributed by atoms with van der Waals surface area (Å²) in [5.41, 5.74) is 1.41. The Hall–Kier alpha value is -1.60. The minimum Gasteiger partial charge on any atom is -0.493 e. The fraction of sp³-hybridized carbons (Fsp3) is 0.619. The van der Waals surface area contributed by atoms with E-state index in [4.69, 9.17) is 18.9 Å². The second kappa shape index (κ2) is 6.21. The van der Waals surface area contributed by atoms with Crippen LogP contribution in [-0.4, -0.2) is 67.5 Å². The van der Waals surface area contributed by atoms with E-state index in [9.17, 15) is 5.11 Å². The first kappa shape index (κ1) is 17.5. The Morgan fingerprint density at radius 3 is 2.81 bits per heavy atom. The number of hydrogen-bond donors (Lipinski definition) is 1. The Bertz CT molecular complexity index is 772. The minimum absolute atomic E-state index is 0.0306. The van der Waals surface area contributed by atoms with Crippen LogP contribution in [0, 0.1) is 0 Å². The largest absolute Gasteiger partial charge is 0.493 e. The summed E-state index contributed by atoms with van der Waals surface area (Å²) in [5.74, 6) is 0.570. The lowest BCUT2D eigenvalue weighted by Crippen LogP contribution is -2.60. The molecule has 146 valence electrons. The van der Waals surface area contributed by atoms with E-state index < -0.39 is 17.5 Å². The van der Waals surface area contributed by atoms with Gasteiger partial charge in [0, 0.05) is 18.0 Å². The molecule has 3 unspecified atom stereocenters. The molecule has 1 saturated heterocycles. The molecule has 6 nitrogen and oxygen atoms in total. The third-order valence-corrected chi connectivity index (χ3v) is 6.57. The van der Waals surface area contributed by atoms with Gasteiger partial charge in [-0.05, 0) is 56.6 Å². The first-order chi connectivity index (χ1) is 13.0. The molecule has 1 aromatic rings. The Kier molecular flexibility index (Phi) is 4.02. The molecule has 4 aliphatic rings. The van der Waals surface area contributed by atoms with Gasteiger partial charge in [-0.15, -0.1) is 0 Å². The summed E-state index contributed by atoms with van der Waals surface area (Å²) in [5, 5.41) is 11.7. The standard InChI is InChI=1S/C21H27NO5/c1-22-9-3-4-15-14-5-6-16(24-2)19(15)27-18-13-20(23,17(22)12-14)7-8-21(18)25-10-11-26-21/h5-8,17-18,23H,3-4,9-13H2,1-2H3. The molecule has 0 saturated carbocycles. The fourth-order valence-corrected chi connectivity index (χ4v) is 5.10. The van der Waals surface area contributed by atoms with Gasteiger partial charge in [0.2, 0.25) is 5.79 Å². The summed E-state index contributed by atoms with van der Waals surface area (Å²) in [6.45, 7) is 1.98. The smallest absolute Gasteiger partial charge is 0.226 e. The molecule has 3 aliphatic heterocycles. The summed E-state index contributed by atoms with van der Waals surface area (Å²) in [6.07, 6.45) is 6.43. The predicted molar refractivity (Wildman–Crippen MR) is 99.2 cm³/mol. The number of fused-ring (bicyclic) bond motifs is 5. The highest BCUT2D eigenvalue weighted by Gasteiger charge is 2.55. The van der Waals surface area contributed by atoms with E-state index in [1.54, 1.807) is 7.11 Å². The van der Waals surface area contributed by atoms with E-state index in [0.717, 1.165) is 37.3 Å². The van der Waals surface area contributed by atoms with Crippen LogP contribution in [0.2, 0.25) is 0 Å². The number of likely N-dealkylation sites (N-methyl/N-ethyl adjacent to an activating group) is 1. The van der Waals surface area contributed by atoms with Gasteiger partial charge in [-0.25, -0.2) is 0 Å². The summed E-state index contributed by atoms with van der Waals surface area (Å²) in [7, 11) is 3.77. The first-order valence-corrected chi connectivity index (χ1v) is 9.81. The maximum absolute atomic E-state index is 11.7. The number of methoxy groups -OCH3 is 1. The topological polar surface area (TPSA) is 60.4 Å². The van der Waals surface area contributed by atoms with Crippen molar-refractivity contribution in [2.75, 3.05) is 33.9 Å². The summed E-state index contributed by atoms with van der Waals surface area (Å²) < 4.78 is 24.2. The van der Waals surface area contributed by atoms with Crippen LogP contribution in [0.1, 0.15) is 24.0 Å². The quantitative estimate of drug-likeness (QED) is 0.756. The van der Waals surface area contributed by atoms with Crippen LogP contribution in [0.25, 0.3) is 0 Å². The van der Waals surface area contributed by atoms with Crippen LogP contribution < -0.4 is 9.47 Å². The van der Waals surface area contributed by atoms with Crippen molar-refractivity contribution in [1.29, 1.82) is 0 Å². The van der Waals surface area contributed by atoms with E-state index in [1.807, 2.05) is 18.2 Å². The minimum atomic E-state index is -1.01. The molecule has 0 aromatic heterocycles. The third kappa shape index (κ3) is 2.62. The first-order valence-electron chi connectivity index (χ1n) is 9.81. The molecule has 0 amide bonds. The monoisotopic (exact) mass is 373 g/mol. The zero-order valence-corrected chi connectivity index (χ0v) is 15.9. The van der Waals surface area contributed by atoms with Crippen LogP contribution in [0.5, 0.6) is 11.5 Å². The second-order valence-corrected chi connectivity index (χ2v) is 8.09. The molecule has 6 heteroatoms. The molecule has 6 bridgehead atoms. The predicted octanol–water partition coefficient (Wildman–Crippen LogP) is 1.68. The van der Waals surface area contributed by atoms with Crippen molar-refractivity contribution in [3.05, 3.63) is 35.4 Å². The van der Waals surface area contributed by atoms with Crippen LogP contribution in [0.3, 0.4) is 0 Å². The number of nitrogens with zero attached hydrogens (tertiary/aromatic N) is 1. The molecule has 1 spiro atoms. The molecule has 1 N–H and O–H groups in total. The van der Waals surface area contributed by atoms with Gasteiger partial charge < -0.3 is 24.1 Å². The molecule has 0 radical (unpaired) electrons. The second-order valence-electron chi connectivity index (χ2n) is 8.09. The molecule has 1 aliphatic carbocycles. The maximum atomic E-state index is 11.7. The van der Waals surface area contributed by atoms with Gasteiger partial charge in [0.05, 0.1) is 20.3 Å². The van der Waals surface area contributed by atoms with Crippen molar-refractivity contribution in [3.63, 3.8) is 0 Å². The van der Waals surface area contributed by atoms with Gasteiger partial charge in [-0.1, -0.05) is 6.07 Å². The van der Waals surface area contributed by atoms with E-state index in [1.165, 1.54) is 11.1 Å². The summed E-state index contributed by atoms with van der Waals surface area (Å²) in [6, 6.07) is 4.06. The highest BCUT2D eigenvalue weighted by atomic mass is 16.8. The molecule has 3 atom stereocenters. The number of aliphatic hydroxyl groups is 1. The van der Waals surface area contributed by atoms with Gasteiger partial charge in [0.1, 0.15) is 5.60 Å². The zero-order valence-electron chi connectivity index (χ0n) is 15.9. The van der Waals surface area contributed by atoms with Crippen LogP contribution >= 0.6 is 0 Å². The highest BCUT2D eigenvalue weighted by Crippen LogP contribution is 2.46. The molecular weight excluding hydrogens is 346 g/mol. The Balaban J connectivity index is 1.72. The Morgan fingerprint density at radius 2 is 2.04 bits per heavy atom. The lowest BCUT2D eigenvalue weighted by Gasteiger charge is -2.46. The number of benzene rings is 1. The van der Waals surface area contributed by atoms with Gasteiger partial charge >= 0.3 is 0 Å². The summed E-state index contributed by atoms with van der Waals surface area (Å²) in [4.78, 5) is 2.29. The van der Waals surface area contributed by atoms with E-state index in [0.29, 0.717) is 19.6 Å². The van der Waals surface area contributed by atoms with Crippen molar-refractivity contribution in [1.82, 2.24) is 4.90 Å². The van der Waals surface area contributed by atoms with Crippen molar-refractivity contribution >= 4 is 0 Å². The van der Waals surface area contributed by atoms with Crippen LogP contribution in [0.15, 0.2) is 24.3 Å². The SMILES string of the molecule is COc1ccc2c3c1OC1CC(O)(C=CC14OCCO4)C(C2)N(C)CCC3. The Labute approximate surface area is 159 Å². The van der Waals surface area contributed by atoms with Crippen molar-refractivity contribution in [3.8, 4) is 11.5 Å². The molecule has 3 heterocycles. The number of ether oxygens (including phenoxy) is 4. The molecule has 1 aromatic carbocycles. The Morgan fingerprint density at radius 1 is 1.22 bits per heavy atom. The zero-order chi connectivity index (χ0) is 18.6. The highest BCUT2D eigenvalue weighted by molar-refractivity contribution is 5.52. The average molecular weight is 373 g/mol. The fourth-order valence-electron chi connectivity index (χ4n) is 5.10. The van der Waals surface area contributed by atoms with Crippen molar-refractivity contribution < 1.29 is 24.1 Å². The number of hydrogen-bond acceptors (Lipinski definition) is 6. The van der Waals surface area contributed by atoms with Gasteiger partial charge in [0.15, 0.2) is 17.6 Å². The van der Waals surface area contributed by atoms with Crippen molar-refractivity contribution in [2.45, 2.75) is 49.2 Å². The van der Waals surface area contributed by atoms with Gasteiger partial charge in [-0.3, -0.25) is 4.90 Å².